The molecule has 1 rings (SSSR count). The molecule has 6 nitrogen and oxygen atoms in total. The van der Waals surface area contributed by atoms with Crippen molar-refractivity contribution in [3.8, 4) is 0 Å². The van der Waals surface area contributed by atoms with Crippen LogP contribution in [0.2, 0.25) is 0 Å². The second-order valence-electron chi connectivity index (χ2n) is 4.53. The van der Waals surface area contributed by atoms with Crippen molar-refractivity contribution in [1.82, 2.24) is 5.32 Å². The number of carbonyl (C=O) groups is 2. The first-order valence-electron chi connectivity index (χ1n) is 5.69. The smallest absolute Gasteiger partial charge is 0.305 e. The fourth-order valence-electron chi connectivity index (χ4n) is 1.51. The Hall–Kier alpha value is -1.37. The molecule has 0 aliphatic carbocycles. The number of hydrogen-bond acceptors (Lipinski definition) is 5. The van der Waals surface area contributed by atoms with E-state index >= 15 is 0 Å². The van der Waals surface area contributed by atoms with Gasteiger partial charge in [-0.25, -0.2) is 0 Å². The third-order valence-corrected chi connectivity index (χ3v) is 3.22. The number of nitrogens with zero attached hydrogens (tertiary/aromatic N) is 2. The Bertz CT molecular complexity index is 404. The number of amides is 1. The lowest BCUT2D eigenvalue weighted by molar-refractivity contribution is -0.138. The first-order valence-corrected chi connectivity index (χ1v) is 6.57. The number of nitrogens with one attached hydrogen (secondary N) is 1. The van der Waals surface area contributed by atoms with Crippen LogP contribution in [-0.4, -0.2) is 33.1 Å². The molecule has 0 bridgehead atoms. The predicted molar refractivity (Wildman–Crippen MR) is 71.8 cm³/mol. The Labute approximate surface area is 110 Å². The lowest BCUT2D eigenvalue weighted by atomic mass is 10.1. The number of carbonyl (C=O) groups excluding carboxylic acids is 1. The topological polar surface area (TPSA) is 91.1 Å². The molecule has 1 saturated heterocycles. The van der Waals surface area contributed by atoms with Crippen LogP contribution in [0.4, 0.5) is 0 Å². The third kappa shape index (κ3) is 4.87. The molecule has 1 amide bonds. The second kappa shape index (κ2) is 6.53. The SMILES string of the molecule is C/C(CC(C)C)=N/N=C1\NC(=O)C(CC(=O)O)S1. The van der Waals surface area contributed by atoms with Crippen LogP contribution in [0.3, 0.4) is 0 Å². The molecule has 0 aromatic rings. The largest absolute Gasteiger partial charge is 0.481 e. The zero-order valence-electron chi connectivity index (χ0n) is 10.6. The number of amidine groups is 1. The van der Waals surface area contributed by atoms with E-state index < -0.39 is 11.2 Å². The summed E-state index contributed by atoms with van der Waals surface area (Å²) in [5.41, 5.74) is 0.883. The molecule has 0 saturated carbocycles. The van der Waals surface area contributed by atoms with Gasteiger partial charge in [0.25, 0.3) is 0 Å². The lowest BCUT2D eigenvalue weighted by Gasteiger charge is -2.01. The average Bonchev–Trinajstić information content (AvgIpc) is 2.55. The van der Waals surface area contributed by atoms with Crippen LogP contribution >= 0.6 is 11.8 Å². The summed E-state index contributed by atoms with van der Waals surface area (Å²) in [5, 5.41) is 18.9. The summed E-state index contributed by atoms with van der Waals surface area (Å²) in [6, 6.07) is 0. The third-order valence-electron chi connectivity index (χ3n) is 2.15. The van der Waals surface area contributed by atoms with Crippen molar-refractivity contribution >= 4 is 34.5 Å². The molecule has 1 aliphatic heterocycles. The number of aliphatic carboxylic acids is 1. The molecule has 0 aromatic carbocycles. The van der Waals surface area contributed by atoms with Crippen molar-refractivity contribution in [2.45, 2.75) is 38.9 Å². The van der Waals surface area contributed by atoms with Crippen LogP contribution in [0.5, 0.6) is 0 Å². The summed E-state index contributed by atoms with van der Waals surface area (Å²) in [6.07, 6.45) is 0.637. The molecule has 1 fully saturated rings. The van der Waals surface area contributed by atoms with E-state index in [1.54, 1.807) is 0 Å². The zero-order chi connectivity index (χ0) is 13.7. The fourth-order valence-corrected chi connectivity index (χ4v) is 2.42. The van der Waals surface area contributed by atoms with Gasteiger partial charge in [-0.1, -0.05) is 25.6 Å². The van der Waals surface area contributed by atoms with Crippen LogP contribution in [0.25, 0.3) is 0 Å². The van der Waals surface area contributed by atoms with E-state index in [4.69, 9.17) is 5.11 Å². The highest BCUT2D eigenvalue weighted by atomic mass is 32.2. The van der Waals surface area contributed by atoms with Gasteiger partial charge in [-0.05, 0) is 19.3 Å². The molecular weight excluding hydrogens is 254 g/mol. The minimum atomic E-state index is -0.997. The molecule has 0 aromatic heterocycles. The van der Waals surface area contributed by atoms with Gasteiger partial charge in [0.15, 0.2) is 5.17 Å². The molecule has 7 heteroatoms. The predicted octanol–water partition coefficient (Wildman–Crippen LogP) is 1.47. The van der Waals surface area contributed by atoms with Gasteiger partial charge in [-0.15, -0.1) is 5.10 Å². The molecule has 0 spiro atoms. The monoisotopic (exact) mass is 271 g/mol. The maximum atomic E-state index is 11.4. The maximum Gasteiger partial charge on any atom is 0.305 e. The Balaban J connectivity index is 2.59. The summed E-state index contributed by atoms with van der Waals surface area (Å²) in [7, 11) is 0. The highest BCUT2D eigenvalue weighted by Crippen LogP contribution is 2.22. The van der Waals surface area contributed by atoms with E-state index in [1.807, 2.05) is 6.92 Å². The minimum Gasteiger partial charge on any atom is -0.481 e. The summed E-state index contributed by atoms with van der Waals surface area (Å²) < 4.78 is 0. The standard InChI is InChI=1S/C11H17N3O3S/c1-6(2)4-7(3)13-14-11-12-10(17)8(18-11)5-9(15)16/h6,8H,4-5H2,1-3H3,(H,15,16)(H,12,14,17)/b13-7-. The van der Waals surface area contributed by atoms with E-state index in [1.165, 1.54) is 0 Å². The average molecular weight is 271 g/mol. The first-order chi connectivity index (χ1) is 8.38. The fraction of sp³-hybridized carbons (Fsp3) is 0.636. The van der Waals surface area contributed by atoms with Gasteiger partial charge in [-0.3, -0.25) is 9.59 Å². The number of hydrogen-bond donors (Lipinski definition) is 2. The van der Waals surface area contributed by atoms with E-state index in [0.29, 0.717) is 11.1 Å². The van der Waals surface area contributed by atoms with Crippen molar-refractivity contribution in [1.29, 1.82) is 0 Å². The van der Waals surface area contributed by atoms with E-state index in [0.717, 1.165) is 23.9 Å². The number of carboxylic acids is 1. The number of rotatable bonds is 5. The lowest BCUT2D eigenvalue weighted by Crippen LogP contribution is -2.26. The summed E-state index contributed by atoms with van der Waals surface area (Å²) in [5.74, 6) is -0.819. The normalized spacial score (nSPS) is 22.7. The van der Waals surface area contributed by atoms with Gasteiger partial charge in [0.05, 0.1) is 6.42 Å². The van der Waals surface area contributed by atoms with Crippen molar-refractivity contribution < 1.29 is 14.7 Å². The van der Waals surface area contributed by atoms with Crippen molar-refractivity contribution in [2.24, 2.45) is 16.1 Å². The Morgan fingerprint density at radius 1 is 1.56 bits per heavy atom. The van der Waals surface area contributed by atoms with E-state index in [9.17, 15) is 9.59 Å². The molecule has 1 atom stereocenters. The Morgan fingerprint density at radius 3 is 2.78 bits per heavy atom. The summed E-state index contributed by atoms with van der Waals surface area (Å²) in [6.45, 7) is 6.04. The minimum absolute atomic E-state index is 0.204. The van der Waals surface area contributed by atoms with E-state index in [-0.39, 0.29) is 12.3 Å². The molecule has 2 N–H and O–H groups in total. The molecule has 1 aliphatic rings. The number of carboxylic acid groups (broad SMARTS) is 1. The number of thioether (sulfide) groups is 1. The van der Waals surface area contributed by atoms with Gasteiger partial charge in [-0.2, -0.15) is 5.10 Å². The molecular formula is C11H17N3O3S. The first kappa shape index (κ1) is 14.7. The second-order valence-corrected chi connectivity index (χ2v) is 5.72. The van der Waals surface area contributed by atoms with Gasteiger partial charge in [0.1, 0.15) is 5.25 Å². The van der Waals surface area contributed by atoms with Crippen LogP contribution < -0.4 is 5.32 Å². The Kier molecular flexibility index (Phi) is 5.33. The van der Waals surface area contributed by atoms with Crippen LogP contribution in [0.1, 0.15) is 33.6 Å². The van der Waals surface area contributed by atoms with Gasteiger partial charge >= 0.3 is 5.97 Å². The van der Waals surface area contributed by atoms with Crippen molar-refractivity contribution in [3.63, 3.8) is 0 Å². The van der Waals surface area contributed by atoms with Crippen LogP contribution in [0, 0.1) is 5.92 Å². The quantitative estimate of drug-likeness (QED) is 0.585. The van der Waals surface area contributed by atoms with Crippen molar-refractivity contribution in [2.75, 3.05) is 0 Å². The molecule has 100 valence electrons. The maximum absolute atomic E-state index is 11.4. The zero-order valence-corrected chi connectivity index (χ0v) is 11.5. The Morgan fingerprint density at radius 2 is 2.22 bits per heavy atom. The molecule has 1 heterocycles. The van der Waals surface area contributed by atoms with Crippen molar-refractivity contribution in [3.05, 3.63) is 0 Å². The highest BCUT2D eigenvalue weighted by Gasteiger charge is 2.32. The summed E-state index contributed by atoms with van der Waals surface area (Å²) >= 11 is 1.11. The molecule has 1 unspecified atom stereocenters. The van der Waals surface area contributed by atoms with Gasteiger partial charge < -0.3 is 10.4 Å². The van der Waals surface area contributed by atoms with Crippen LogP contribution in [0.15, 0.2) is 10.2 Å². The highest BCUT2D eigenvalue weighted by molar-refractivity contribution is 8.15. The van der Waals surface area contributed by atoms with Crippen LogP contribution in [-0.2, 0) is 9.59 Å². The molecule has 18 heavy (non-hydrogen) atoms. The van der Waals surface area contributed by atoms with Gasteiger partial charge in [0, 0.05) is 5.71 Å². The summed E-state index contributed by atoms with van der Waals surface area (Å²) in [4.78, 5) is 22.0. The van der Waals surface area contributed by atoms with E-state index in [2.05, 4.69) is 29.4 Å². The van der Waals surface area contributed by atoms with Gasteiger partial charge in [0.2, 0.25) is 5.91 Å². The molecule has 0 radical (unpaired) electrons.